The topological polar surface area (TPSA) is 87.4 Å². The van der Waals surface area contributed by atoms with Gasteiger partial charge in [-0.1, -0.05) is 38.1 Å². The van der Waals surface area contributed by atoms with E-state index in [0.717, 1.165) is 5.56 Å². The quantitative estimate of drug-likeness (QED) is 0.641. The van der Waals surface area contributed by atoms with Crippen LogP contribution in [0.1, 0.15) is 43.4 Å². The average molecular weight is 291 g/mol. The van der Waals surface area contributed by atoms with Crippen molar-refractivity contribution in [1.82, 2.24) is 10.6 Å². The summed E-state index contributed by atoms with van der Waals surface area (Å²) in [6.07, 6.45) is 0.0301. The number of rotatable bonds is 5. The number of aliphatic hydroxyl groups is 1. The van der Waals surface area contributed by atoms with E-state index in [1.807, 2.05) is 12.1 Å². The Hall–Kier alpha value is -1.43. The van der Waals surface area contributed by atoms with Crippen LogP contribution in [0, 0.1) is 0 Å². The number of hydrogen-bond acceptors (Lipinski definition) is 4. The molecule has 1 amide bonds. The van der Waals surface area contributed by atoms with Crippen molar-refractivity contribution in [2.24, 2.45) is 5.73 Å². The van der Waals surface area contributed by atoms with E-state index < -0.39 is 6.10 Å². The maximum absolute atomic E-state index is 11.9. The molecule has 1 aromatic carbocycles. The maximum atomic E-state index is 11.9. The molecule has 0 spiro atoms. The van der Waals surface area contributed by atoms with Crippen LogP contribution in [0.4, 0.5) is 0 Å². The Morgan fingerprint density at radius 1 is 1.38 bits per heavy atom. The minimum atomic E-state index is -0.432. The van der Waals surface area contributed by atoms with Crippen LogP contribution in [0.25, 0.3) is 0 Å². The number of aliphatic hydroxyl groups excluding tert-OH is 1. The zero-order valence-electron chi connectivity index (χ0n) is 12.7. The first-order valence-corrected chi connectivity index (χ1v) is 7.52. The smallest absolute Gasteiger partial charge is 0.237 e. The first-order valence-electron chi connectivity index (χ1n) is 7.52. The second kappa shape index (κ2) is 7.02. The van der Waals surface area contributed by atoms with Crippen LogP contribution >= 0.6 is 0 Å². The van der Waals surface area contributed by atoms with Crippen molar-refractivity contribution in [2.75, 3.05) is 13.1 Å². The summed E-state index contributed by atoms with van der Waals surface area (Å²) in [4.78, 5) is 11.9. The van der Waals surface area contributed by atoms with Gasteiger partial charge in [-0.2, -0.15) is 0 Å². The molecule has 1 aliphatic heterocycles. The molecule has 1 saturated heterocycles. The molecule has 3 atom stereocenters. The number of carbonyl (C=O) groups is 1. The monoisotopic (exact) mass is 291 g/mol. The summed E-state index contributed by atoms with van der Waals surface area (Å²) in [5.41, 5.74) is 8.40. The van der Waals surface area contributed by atoms with Gasteiger partial charge in [-0.15, -0.1) is 0 Å². The van der Waals surface area contributed by atoms with Gasteiger partial charge in [-0.05, 0) is 23.5 Å². The Bertz CT molecular complexity index is 473. The lowest BCUT2D eigenvalue weighted by Gasteiger charge is -2.16. The number of benzene rings is 1. The largest absolute Gasteiger partial charge is 0.392 e. The Balaban J connectivity index is 1.83. The lowest BCUT2D eigenvalue weighted by Crippen LogP contribution is -2.42. The van der Waals surface area contributed by atoms with E-state index in [9.17, 15) is 9.90 Å². The zero-order chi connectivity index (χ0) is 15.4. The minimum Gasteiger partial charge on any atom is -0.392 e. The van der Waals surface area contributed by atoms with E-state index in [1.54, 1.807) is 0 Å². The zero-order valence-corrected chi connectivity index (χ0v) is 12.7. The van der Waals surface area contributed by atoms with E-state index in [-0.39, 0.29) is 18.0 Å². The highest BCUT2D eigenvalue weighted by Crippen LogP contribution is 2.17. The molecule has 0 saturated carbocycles. The van der Waals surface area contributed by atoms with Gasteiger partial charge in [0, 0.05) is 19.1 Å². The van der Waals surface area contributed by atoms with Gasteiger partial charge >= 0.3 is 0 Å². The van der Waals surface area contributed by atoms with E-state index in [4.69, 9.17) is 5.73 Å². The Morgan fingerprint density at radius 3 is 2.52 bits per heavy atom. The van der Waals surface area contributed by atoms with Crippen LogP contribution in [0.15, 0.2) is 24.3 Å². The van der Waals surface area contributed by atoms with Crippen LogP contribution in [0.5, 0.6) is 0 Å². The summed E-state index contributed by atoms with van der Waals surface area (Å²) in [5.74, 6) is 0.399. The number of carbonyl (C=O) groups excluding carboxylic acids is 1. The molecule has 21 heavy (non-hydrogen) atoms. The maximum Gasteiger partial charge on any atom is 0.237 e. The molecular formula is C16H25N3O2. The Morgan fingerprint density at radius 2 is 2.00 bits per heavy atom. The Kier molecular flexibility index (Phi) is 5.33. The normalized spacial score (nSPS) is 23.3. The summed E-state index contributed by atoms with van der Waals surface area (Å²) in [7, 11) is 0. The standard InChI is InChI=1S/C16H25N3O2/c1-10(2)11-3-5-12(6-4-11)14(17)9-19-16(21)15-7-13(20)8-18-15/h3-6,10,13-15,18,20H,7-9,17H2,1-2H3,(H,19,21). The summed E-state index contributed by atoms with van der Waals surface area (Å²) in [5, 5.41) is 15.2. The second-order valence-electron chi connectivity index (χ2n) is 6.02. The van der Waals surface area contributed by atoms with Gasteiger partial charge in [-0.3, -0.25) is 4.79 Å². The van der Waals surface area contributed by atoms with Crippen molar-refractivity contribution in [3.05, 3.63) is 35.4 Å². The summed E-state index contributed by atoms with van der Waals surface area (Å²) in [6, 6.07) is 7.66. The van der Waals surface area contributed by atoms with Gasteiger partial charge in [0.05, 0.1) is 12.1 Å². The number of hydrogen-bond donors (Lipinski definition) is 4. The number of β-amino-alcohol motifs (C(OH)–C–C–N with tert-alkyl or cyclic N) is 1. The van der Waals surface area contributed by atoms with Crippen molar-refractivity contribution in [1.29, 1.82) is 0 Å². The summed E-state index contributed by atoms with van der Waals surface area (Å²) >= 11 is 0. The number of amides is 1. The van der Waals surface area contributed by atoms with Gasteiger partial charge in [0.25, 0.3) is 0 Å². The first-order chi connectivity index (χ1) is 9.97. The van der Waals surface area contributed by atoms with Gasteiger partial charge in [0.1, 0.15) is 0 Å². The van der Waals surface area contributed by atoms with Crippen molar-refractivity contribution >= 4 is 5.91 Å². The highest BCUT2D eigenvalue weighted by atomic mass is 16.3. The van der Waals surface area contributed by atoms with Gasteiger partial charge in [0.15, 0.2) is 0 Å². The molecule has 116 valence electrons. The third-order valence-corrected chi connectivity index (χ3v) is 3.95. The van der Waals surface area contributed by atoms with Crippen molar-refractivity contribution < 1.29 is 9.90 Å². The van der Waals surface area contributed by atoms with Crippen molar-refractivity contribution in [2.45, 2.75) is 44.4 Å². The van der Waals surface area contributed by atoms with Crippen LogP contribution < -0.4 is 16.4 Å². The molecule has 0 aliphatic carbocycles. The van der Waals surface area contributed by atoms with Crippen molar-refractivity contribution in [3.8, 4) is 0 Å². The molecule has 2 rings (SSSR count). The molecule has 0 aromatic heterocycles. The molecular weight excluding hydrogens is 266 g/mol. The van der Waals surface area contributed by atoms with Crippen LogP contribution in [0.2, 0.25) is 0 Å². The van der Waals surface area contributed by atoms with Crippen LogP contribution in [-0.2, 0) is 4.79 Å². The van der Waals surface area contributed by atoms with Crippen LogP contribution in [0.3, 0.4) is 0 Å². The molecule has 5 heteroatoms. The fourth-order valence-corrected chi connectivity index (χ4v) is 2.50. The molecule has 1 heterocycles. The molecule has 1 aromatic rings. The average Bonchev–Trinajstić information content (AvgIpc) is 2.91. The molecule has 5 N–H and O–H groups in total. The van der Waals surface area contributed by atoms with Gasteiger partial charge in [0.2, 0.25) is 5.91 Å². The molecule has 5 nitrogen and oxygen atoms in total. The molecule has 1 aliphatic rings. The van der Waals surface area contributed by atoms with E-state index in [0.29, 0.717) is 25.4 Å². The van der Waals surface area contributed by atoms with Gasteiger partial charge in [-0.25, -0.2) is 0 Å². The molecule has 1 fully saturated rings. The number of nitrogens with one attached hydrogen (secondary N) is 2. The Labute approximate surface area is 125 Å². The van der Waals surface area contributed by atoms with E-state index in [1.165, 1.54) is 5.56 Å². The number of nitrogens with two attached hydrogens (primary N) is 1. The second-order valence-corrected chi connectivity index (χ2v) is 6.02. The highest BCUT2D eigenvalue weighted by molar-refractivity contribution is 5.82. The lowest BCUT2D eigenvalue weighted by atomic mass is 9.99. The molecule has 3 unspecified atom stereocenters. The third kappa shape index (κ3) is 4.27. The third-order valence-electron chi connectivity index (χ3n) is 3.95. The summed E-state index contributed by atoms with van der Waals surface area (Å²) < 4.78 is 0. The van der Waals surface area contributed by atoms with E-state index in [2.05, 4.69) is 36.6 Å². The lowest BCUT2D eigenvalue weighted by molar-refractivity contribution is -0.123. The highest BCUT2D eigenvalue weighted by Gasteiger charge is 2.27. The van der Waals surface area contributed by atoms with Gasteiger partial charge < -0.3 is 21.5 Å². The minimum absolute atomic E-state index is 0.0965. The van der Waals surface area contributed by atoms with Crippen LogP contribution in [-0.4, -0.2) is 36.2 Å². The summed E-state index contributed by atoms with van der Waals surface area (Å²) in [6.45, 7) is 5.17. The van der Waals surface area contributed by atoms with E-state index >= 15 is 0 Å². The molecule has 0 radical (unpaired) electrons. The first kappa shape index (κ1) is 15.9. The predicted octanol–water partition coefficient (Wildman–Crippen LogP) is 0.649. The SMILES string of the molecule is CC(C)c1ccc(C(N)CNC(=O)C2CC(O)CN2)cc1. The fraction of sp³-hybridized carbons (Fsp3) is 0.562. The molecule has 0 bridgehead atoms. The van der Waals surface area contributed by atoms with Crippen molar-refractivity contribution in [3.63, 3.8) is 0 Å². The fourth-order valence-electron chi connectivity index (χ4n) is 2.50. The predicted molar refractivity (Wildman–Crippen MR) is 82.9 cm³/mol.